The van der Waals surface area contributed by atoms with Gasteiger partial charge in [0.15, 0.2) is 0 Å². The molecule has 0 aromatic carbocycles. The molecule has 18 heavy (non-hydrogen) atoms. The van der Waals surface area contributed by atoms with Crippen molar-refractivity contribution < 1.29 is 8.42 Å². The van der Waals surface area contributed by atoms with Crippen LogP contribution in [0.5, 0.6) is 0 Å². The van der Waals surface area contributed by atoms with Gasteiger partial charge in [-0.15, -0.1) is 0 Å². The Hall–Kier alpha value is -1.14. The average molecular weight is 269 g/mol. The van der Waals surface area contributed by atoms with Crippen LogP contribution in [0.25, 0.3) is 0 Å². The van der Waals surface area contributed by atoms with Crippen LogP contribution in [0.15, 0.2) is 23.2 Å². The predicted octanol–water partition coefficient (Wildman–Crippen LogP) is 1.54. The number of nitrogens with zero attached hydrogens (tertiary/aromatic N) is 2. The first-order valence-corrected chi connectivity index (χ1v) is 7.55. The van der Waals surface area contributed by atoms with E-state index < -0.39 is 10.0 Å². The third kappa shape index (κ3) is 2.22. The van der Waals surface area contributed by atoms with Crippen molar-refractivity contribution in [2.24, 2.45) is 5.92 Å². The van der Waals surface area contributed by atoms with Gasteiger partial charge in [0, 0.05) is 25.8 Å². The van der Waals surface area contributed by atoms with Crippen LogP contribution in [0, 0.1) is 5.92 Å². The topological polar surface area (TPSA) is 62.3 Å². The molecule has 1 aromatic heterocycles. The predicted molar refractivity (Wildman–Crippen MR) is 70.9 cm³/mol. The summed E-state index contributed by atoms with van der Waals surface area (Å²) in [4.78, 5) is 4.32. The molecule has 0 spiro atoms. The second kappa shape index (κ2) is 4.85. The van der Waals surface area contributed by atoms with Crippen molar-refractivity contribution in [3.05, 3.63) is 18.3 Å². The molecule has 1 aliphatic heterocycles. The van der Waals surface area contributed by atoms with Crippen molar-refractivity contribution in [3.8, 4) is 0 Å². The Labute approximate surface area is 108 Å². The summed E-state index contributed by atoms with van der Waals surface area (Å²) >= 11 is 0. The highest BCUT2D eigenvalue weighted by Crippen LogP contribution is 2.31. The fourth-order valence-corrected chi connectivity index (χ4v) is 4.42. The zero-order valence-corrected chi connectivity index (χ0v) is 11.7. The molecule has 2 heterocycles. The number of nitrogens with one attached hydrogen (secondary N) is 1. The van der Waals surface area contributed by atoms with Gasteiger partial charge in [0.05, 0.1) is 0 Å². The van der Waals surface area contributed by atoms with Crippen molar-refractivity contribution >= 4 is 15.8 Å². The van der Waals surface area contributed by atoms with Gasteiger partial charge in [0.2, 0.25) is 10.0 Å². The molecule has 1 aromatic rings. The van der Waals surface area contributed by atoms with Crippen molar-refractivity contribution in [2.75, 3.05) is 18.9 Å². The van der Waals surface area contributed by atoms with E-state index in [4.69, 9.17) is 0 Å². The number of rotatable bonds is 3. The minimum absolute atomic E-state index is 0.0508. The molecule has 100 valence electrons. The van der Waals surface area contributed by atoms with Gasteiger partial charge in [-0.05, 0) is 31.4 Å². The van der Waals surface area contributed by atoms with Crippen molar-refractivity contribution in [1.82, 2.24) is 9.29 Å². The summed E-state index contributed by atoms with van der Waals surface area (Å²) in [6, 6.07) is 3.30. The number of anilines is 1. The van der Waals surface area contributed by atoms with Gasteiger partial charge >= 0.3 is 0 Å². The third-order valence-electron chi connectivity index (χ3n) is 3.32. The van der Waals surface area contributed by atoms with Crippen LogP contribution in [0.2, 0.25) is 0 Å². The molecule has 1 saturated heterocycles. The third-order valence-corrected chi connectivity index (χ3v) is 5.33. The highest BCUT2D eigenvalue weighted by Gasteiger charge is 2.37. The van der Waals surface area contributed by atoms with E-state index in [0.717, 1.165) is 6.42 Å². The van der Waals surface area contributed by atoms with Crippen molar-refractivity contribution in [3.63, 3.8) is 0 Å². The molecule has 6 heteroatoms. The standard InChI is InChI=1S/C12H19N3O2S/c1-9-7-10(2)15(8-9)18(16,17)11-5-4-6-14-12(11)13-3/h4-6,9-10H,7-8H2,1-3H3,(H,13,14). The zero-order chi connectivity index (χ0) is 13.3. The summed E-state index contributed by atoms with van der Waals surface area (Å²) in [6.07, 6.45) is 2.50. The van der Waals surface area contributed by atoms with E-state index in [1.165, 1.54) is 0 Å². The van der Waals surface area contributed by atoms with Crippen LogP contribution in [0.4, 0.5) is 5.82 Å². The molecule has 1 fully saturated rings. The van der Waals surface area contributed by atoms with Crippen LogP contribution >= 0.6 is 0 Å². The van der Waals surface area contributed by atoms with Gasteiger partial charge < -0.3 is 5.32 Å². The summed E-state index contributed by atoms with van der Waals surface area (Å²) in [5.41, 5.74) is 0. The van der Waals surface area contributed by atoms with E-state index in [2.05, 4.69) is 17.2 Å². The molecule has 0 saturated carbocycles. The van der Waals surface area contributed by atoms with Crippen LogP contribution in [-0.4, -0.2) is 37.3 Å². The van der Waals surface area contributed by atoms with Gasteiger partial charge in [0.25, 0.3) is 0 Å². The number of hydrogen-bond acceptors (Lipinski definition) is 4. The second-order valence-corrected chi connectivity index (χ2v) is 6.72. The van der Waals surface area contributed by atoms with E-state index in [1.807, 2.05) is 6.92 Å². The summed E-state index contributed by atoms with van der Waals surface area (Å²) in [5.74, 6) is 0.814. The number of hydrogen-bond donors (Lipinski definition) is 1. The molecule has 1 N–H and O–H groups in total. The average Bonchev–Trinajstić information content (AvgIpc) is 2.69. The van der Waals surface area contributed by atoms with Gasteiger partial charge in [0.1, 0.15) is 10.7 Å². The molecule has 0 amide bonds. The Morgan fingerprint density at radius 2 is 2.17 bits per heavy atom. The number of aromatic nitrogens is 1. The number of pyridine rings is 1. The minimum atomic E-state index is -3.46. The fraction of sp³-hybridized carbons (Fsp3) is 0.583. The van der Waals surface area contributed by atoms with E-state index in [-0.39, 0.29) is 10.9 Å². The molecule has 2 rings (SSSR count). The lowest BCUT2D eigenvalue weighted by Gasteiger charge is -2.22. The lowest BCUT2D eigenvalue weighted by atomic mass is 10.1. The molecule has 1 aliphatic rings. The molecular weight excluding hydrogens is 250 g/mol. The Kier molecular flexibility index (Phi) is 3.59. The Bertz CT molecular complexity index is 530. The molecular formula is C12H19N3O2S. The van der Waals surface area contributed by atoms with Crippen molar-refractivity contribution in [2.45, 2.75) is 31.2 Å². The van der Waals surface area contributed by atoms with Crippen LogP contribution in [0.1, 0.15) is 20.3 Å². The van der Waals surface area contributed by atoms with Crippen LogP contribution in [-0.2, 0) is 10.0 Å². The molecule has 5 nitrogen and oxygen atoms in total. The molecule has 2 unspecified atom stereocenters. The normalized spacial score (nSPS) is 25.3. The minimum Gasteiger partial charge on any atom is -0.372 e. The van der Waals surface area contributed by atoms with Crippen molar-refractivity contribution in [1.29, 1.82) is 0 Å². The van der Waals surface area contributed by atoms with E-state index in [9.17, 15) is 8.42 Å². The van der Waals surface area contributed by atoms with Gasteiger partial charge in [-0.1, -0.05) is 6.92 Å². The molecule has 0 radical (unpaired) electrons. The fourth-order valence-electron chi connectivity index (χ4n) is 2.51. The largest absolute Gasteiger partial charge is 0.372 e. The molecule has 0 aliphatic carbocycles. The van der Waals surface area contributed by atoms with Gasteiger partial charge in [-0.2, -0.15) is 4.31 Å². The summed E-state index contributed by atoms with van der Waals surface area (Å²) in [5, 5.41) is 2.83. The maximum Gasteiger partial charge on any atom is 0.246 e. The highest BCUT2D eigenvalue weighted by atomic mass is 32.2. The Morgan fingerprint density at radius 1 is 1.44 bits per heavy atom. The SMILES string of the molecule is CNc1ncccc1S(=O)(=O)N1CC(C)CC1C. The van der Waals surface area contributed by atoms with E-state index in [1.54, 1.807) is 29.7 Å². The maximum absolute atomic E-state index is 12.6. The summed E-state index contributed by atoms with van der Waals surface area (Å²) in [7, 11) is -1.78. The quantitative estimate of drug-likeness (QED) is 0.904. The smallest absolute Gasteiger partial charge is 0.246 e. The lowest BCUT2D eigenvalue weighted by molar-refractivity contribution is 0.405. The van der Waals surface area contributed by atoms with E-state index in [0.29, 0.717) is 18.3 Å². The van der Waals surface area contributed by atoms with Gasteiger partial charge in [-0.3, -0.25) is 0 Å². The second-order valence-electron chi connectivity index (χ2n) is 4.86. The first kappa shape index (κ1) is 13.3. The van der Waals surface area contributed by atoms with Crippen LogP contribution in [0.3, 0.4) is 0 Å². The highest BCUT2D eigenvalue weighted by molar-refractivity contribution is 7.89. The summed E-state index contributed by atoms with van der Waals surface area (Å²) in [6.45, 7) is 4.62. The van der Waals surface area contributed by atoms with Gasteiger partial charge in [-0.25, -0.2) is 13.4 Å². The zero-order valence-electron chi connectivity index (χ0n) is 10.9. The van der Waals surface area contributed by atoms with Crippen LogP contribution < -0.4 is 5.32 Å². The first-order chi connectivity index (χ1) is 8.46. The summed E-state index contributed by atoms with van der Waals surface area (Å²) < 4.78 is 26.8. The lowest BCUT2D eigenvalue weighted by Crippen LogP contribution is -2.34. The first-order valence-electron chi connectivity index (χ1n) is 6.11. The maximum atomic E-state index is 12.6. The number of sulfonamides is 1. The Balaban J connectivity index is 2.42. The Morgan fingerprint density at radius 3 is 2.72 bits per heavy atom. The van der Waals surface area contributed by atoms with E-state index >= 15 is 0 Å². The molecule has 0 bridgehead atoms. The molecule has 2 atom stereocenters. The monoisotopic (exact) mass is 269 g/mol.